The molecular formula is C16H22ClF3N2O3S. The molecular weight excluding hydrogens is 393 g/mol. The lowest BCUT2D eigenvalue weighted by atomic mass is 10.2. The first-order valence-electron chi connectivity index (χ1n) is 7.90. The van der Waals surface area contributed by atoms with Gasteiger partial charge in [0.1, 0.15) is 18.5 Å². The molecule has 0 radical (unpaired) electrons. The number of carbonyl (C=O) groups is 1. The van der Waals surface area contributed by atoms with Crippen LogP contribution in [0, 0.1) is 0 Å². The zero-order chi connectivity index (χ0) is 18.3. The molecule has 0 aromatic heterocycles. The van der Waals surface area contributed by atoms with E-state index in [1.54, 1.807) is 11.8 Å². The molecule has 5 nitrogen and oxygen atoms in total. The van der Waals surface area contributed by atoms with Crippen LogP contribution in [0.25, 0.3) is 0 Å². The van der Waals surface area contributed by atoms with Crippen molar-refractivity contribution in [3.63, 3.8) is 0 Å². The molecule has 10 heteroatoms. The fourth-order valence-electron chi connectivity index (χ4n) is 2.27. The molecule has 2 rings (SSSR count). The second kappa shape index (κ2) is 10.9. The minimum atomic E-state index is -4.39. The number of nitrogens with one attached hydrogen (secondary N) is 2. The van der Waals surface area contributed by atoms with Gasteiger partial charge in [-0.15, -0.1) is 12.4 Å². The van der Waals surface area contributed by atoms with E-state index in [0.29, 0.717) is 6.42 Å². The number of amides is 1. The zero-order valence-electron chi connectivity index (χ0n) is 13.9. The summed E-state index contributed by atoms with van der Waals surface area (Å²) in [4.78, 5) is 11.8. The topological polar surface area (TPSA) is 70.6 Å². The van der Waals surface area contributed by atoms with Gasteiger partial charge in [-0.25, -0.2) is 0 Å². The van der Waals surface area contributed by atoms with Crippen LogP contribution in [0.3, 0.4) is 0 Å². The molecule has 1 aliphatic rings. The van der Waals surface area contributed by atoms with E-state index in [2.05, 4.69) is 10.6 Å². The highest BCUT2D eigenvalue weighted by Crippen LogP contribution is 2.30. The fraction of sp³-hybridized carbons (Fsp3) is 0.562. The Balaban J connectivity index is 0.00000338. The Morgan fingerprint density at radius 1 is 1.38 bits per heavy atom. The second-order valence-electron chi connectivity index (χ2n) is 5.72. The highest BCUT2D eigenvalue weighted by Gasteiger charge is 2.30. The number of thioether (sulfide) groups is 1. The van der Waals surface area contributed by atoms with Crippen LogP contribution in [0.5, 0.6) is 5.75 Å². The quantitative estimate of drug-likeness (QED) is 0.637. The summed E-state index contributed by atoms with van der Waals surface area (Å²) in [7, 11) is 0. The maximum absolute atomic E-state index is 12.5. The molecule has 1 amide bonds. The minimum absolute atomic E-state index is 0. The lowest BCUT2D eigenvalue weighted by Gasteiger charge is -2.22. The first kappa shape index (κ1) is 22.9. The first-order valence-corrected chi connectivity index (χ1v) is 9.06. The molecule has 3 N–H and O–H groups in total. The van der Waals surface area contributed by atoms with Crippen LogP contribution in [0.4, 0.5) is 13.2 Å². The second-order valence-corrected chi connectivity index (χ2v) is 6.87. The summed E-state index contributed by atoms with van der Waals surface area (Å²) >= 11 is 1.80. The minimum Gasteiger partial charge on any atom is -0.491 e. The molecule has 148 valence electrons. The summed E-state index contributed by atoms with van der Waals surface area (Å²) in [5, 5.41) is 15.7. The Kier molecular flexibility index (Phi) is 9.56. The number of aliphatic hydroxyl groups excluding tert-OH is 1. The van der Waals surface area contributed by atoms with Crippen LogP contribution >= 0.6 is 24.2 Å². The van der Waals surface area contributed by atoms with E-state index in [0.717, 1.165) is 30.2 Å². The molecule has 26 heavy (non-hydrogen) atoms. The van der Waals surface area contributed by atoms with E-state index in [4.69, 9.17) is 4.74 Å². The zero-order valence-corrected chi connectivity index (χ0v) is 15.6. The summed E-state index contributed by atoms with van der Waals surface area (Å²) in [6, 6.07) is 4.36. The van der Waals surface area contributed by atoms with Gasteiger partial charge in [0, 0.05) is 37.1 Å². The molecule has 1 aliphatic heterocycles. The van der Waals surface area contributed by atoms with E-state index in [1.165, 1.54) is 12.1 Å². The smallest absolute Gasteiger partial charge is 0.416 e. The van der Waals surface area contributed by atoms with Crippen molar-refractivity contribution in [2.75, 3.05) is 31.2 Å². The molecule has 1 aromatic rings. The molecule has 1 saturated heterocycles. The average Bonchev–Trinajstić information content (AvgIpc) is 2.58. The number of aliphatic hydroxyl groups is 1. The van der Waals surface area contributed by atoms with E-state index in [9.17, 15) is 23.1 Å². The number of carbonyl (C=O) groups excluding carboxylic acids is 1. The van der Waals surface area contributed by atoms with Crippen molar-refractivity contribution in [1.29, 1.82) is 0 Å². The third-order valence-corrected chi connectivity index (χ3v) is 4.72. The lowest BCUT2D eigenvalue weighted by Crippen LogP contribution is -2.43. The Morgan fingerprint density at radius 2 is 2.08 bits per heavy atom. The van der Waals surface area contributed by atoms with Gasteiger partial charge >= 0.3 is 6.18 Å². The first-order chi connectivity index (χ1) is 11.8. The molecule has 1 fully saturated rings. The van der Waals surface area contributed by atoms with Gasteiger partial charge in [0.15, 0.2) is 0 Å². The van der Waals surface area contributed by atoms with Crippen molar-refractivity contribution in [3.8, 4) is 5.75 Å². The molecule has 0 spiro atoms. The van der Waals surface area contributed by atoms with Gasteiger partial charge in [-0.05, 0) is 24.3 Å². The Hall–Kier alpha value is -1.16. The number of benzene rings is 1. The highest BCUT2D eigenvalue weighted by molar-refractivity contribution is 7.99. The largest absolute Gasteiger partial charge is 0.491 e. The Labute approximate surface area is 160 Å². The number of hydrogen-bond donors (Lipinski definition) is 3. The standard InChI is InChI=1S/C16H21F3N2O3S.ClH/c17-16(18,19)11-1-3-14(4-2-11)24-9-13(22)8-21-15(23)7-12-10-25-6-5-20-12;/h1-4,12-13,20,22H,5-10H2,(H,21,23);1H. The number of halogens is 4. The van der Waals surface area contributed by atoms with Gasteiger partial charge in [-0.2, -0.15) is 24.9 Å². The van der Waals surface area contributed by atoms with Gasteiger partial charge in [-0.3, -0.25) is 4.79 Å². The van der Waals surface area contributed by atoms with Crippen LogP contribution in [0.15, 0.2) is 24.3 Å². The van der Waals surface area contributed by atoms with Crippen LogP contribution in [0.2, 0.25) is 0 Å². The van der Waals surface area contributed by atoms with Crippen LogP contribution in [0.1, 0.15) is 12.0 Å². The molecule has 2 atom stereocenters. The van der Waals surface area contributed by atoms with Crippen molar-refractivity contribution in [2.45, 2.75) is 24.7 Å². The monoisotopic (exact) mass is 414 g/mol. The van der Waals surface area contributed by atoms with Gasteiger partial charge in [-0.1, -0.05) is 0 Å². The third-order valence-electron chi connectivity index (χ3n) is 3.59. The average molecular weight is 415 g/mol. The maximum atomic E-state index is 12.5. The molecule has 1 aromatic carbocycles. The molecule has 0 saturated carbocycles. The van der Waals surface area contributed by atoms with Gasteiger partial charge in [0.2, 0.25) is 5.91 Å². The summed E-state index contributed by atoms with van der Waals surface area (Å²) < 4.78 is 42.6. The van der Waals surface area contributed by atoms with Crippen molar-refractivity contribution >= 4 is 30.1 Å². The summed E-state index contributed by atoms with van der Waals surface area (Å²) in [5.74, 6) is 1.99. The molecule has 0 bridgehead atoms. The molecule has 1 heterocycles. The molecule has 0 aliphatic carbocycles. The predicted molar refractivity (Wildman–Crippen MR) is 96.9 cm³/mol. The number of alkyl halides is 3. The Morgan fingerprint density at radius 3 is 2.65 bits per heavy atom. The SMILES string of the molecule is Cl.O=C(CC1CSCCN1)NCC(O)COc1ccc(C(F)(F)F)cc1. The van der Waals surface area contributed by atoms with Crippen LogP contribution < -0.4 is 15.4 Å². The van der Waals surface area contributed by atoms with E-state index in [1.807, 2.05) is 0 Å². The number of ether oxygens (including phenoxy) is 1. The van der Waals surface area contributed by atoms with E-state index < -0.39 is 17.8 Å². The van der Waals surface area contributed by atoms with Crippen LogP contribution in [-0.4, -0.2) is 54.4 Å². The van der Waals surface area contributed by atoms with Gasteiger partial charge in [0.05, 0.1) is 5.56 Å². The van der Waals surface area contributed by atoms with E-state index >= 15 is 0 Å². The summed E-state index contributed by atoms with van der Waals surface area (Å²) in [5.41, 5.74) is -0.762. The summed E-state index contributed by atoms with van der Waals surface area (Å²) in [6.07, 6.45) is -4.99. The van der Waals surface area contributed by atoms with Crippen molar-refractivity contribution in [3.05, 3.63) is 29.8 Å². The lowest BCUT2D eigenvalue weighted by molar-refractivity contribution is -0.137. The normalized spacial score (nSPS) is 18.5. The molecule has 2 unspecified atom stereocenters. The van der Waals surface area contributed by atoms with Crippen molar-refractivity contribution in [2.24, 2.45) is 0 Å². The van der Waals surface area contributed by atoms with Gasteiger partial charge in [0.25, 0.3) is 0 Å². The van der Waals surface area contributed by atoms with E-state index in [-0.39, 0.29) is 43.3 Å². The number of hydrogen-bond acceptors (Lipinski definition) is 5. The number of rotatable bonds is 7. The van der Waals surface area contributed by atoms with Crippen LogP contribution in [-0.2, 0) is 11.0 Å². The third kappa shape index (κ3) is 8.03. The van der Waals surface area contributed by atoms with Crippen molar-refractivity contribution < 1.29 is 27.8 Å². The highest BCUT2D eigenvalue weighted by atomic mass is 35.5. The Bertz CT molecular complexity index is 555. The predicted octanol–water partition coefficient (Wildman–Crippen LogP) is 2.08. The van der Waals surface area contributed by atoms with Crippen molar-refractivity contribution in [1.82, 2.24) is 10.6 Å². The fourth-order valence-corrected chi connectivity index (χ4v) is 3.22. The van der Waals surface area contributed by atoms with Gasteiger partial charge < -0.3 is 20.5 Å². The summed E-state index contributed by atoms with van der Waals surface area (Å²) in [6.45, 7) is 0.786. The maximum Gasteiger partial charge on any atom is 0.416 e.